The maximum Gasteiger partial charge on any atom is 0.271 e. The predicted molar refractivity (Wildman–Crippen MR) is 78.3 cm³/mol. The number of nitrogens with two attached hydrogens (primary N) is 1. The van der Waals surface area contributed by atoms with Crippen molar-refractivity contribution in [2.75, 3.05) is 19.5 Å². The summed E-state index contributed by atoms with van der Waals surface area (Å²) >= 11 is 0. The van der Waals surface area contributed by atoms with Crippen molar-refractivity contribution in [1.82, 2.24) is 4.72 Å². The van der Waals surface area contributed by atoms with Crippen molar-refractivity contribution in [3.63, 3.8) is 0 Å². The van der Waals surface area contributed by atoms with Crippen molar-refractivity contribution in [2.24, 2.45) is 5.92 Å². The first-order chi connectivity index (χ1) is 9.69. The van der Waals surface area contributed by atoms with Gasteiger partial charge in [-0.05, 0) is 12.0 Å². The van der Waals surface area contributed by atoms with Gasteiger partial charge in [-0.15, -0.1) is 0 Å². The normalized spacial score (nSPS) is 13.3. The quantitative estimate of drug-likeness (QED) is 0.441. The van der Waals surface area contributed by atoms with E-state index < -0.39 is 21.0 Å². The summed E-state index contributed by atoms with van der Waals surface area (Å²) in [6, 6.07) is 2.83. The summed E-state index contributed by atoms with van der Waals surface area (Å²) in [5.74, 6) is 0.0130. The molecule has 21 heavy (non-hydrogen) atoms. The molecule has 1 rings (SSSR count). The Morgan fingerprint density at radius 3 is 2.48 bits per heavy atom. The molecule has 0 spiro atoms. The molecule has 0 aliphatic heterocycles. The molecular weight excluding hydrogens is 298 g/mol. The number of nitro benzene ring substituents is 1. The third-order valence-corrected chi connectivity index (χ3v) is 4.52. The monoisotopic (exact) mass is 317 g/mol. The van der Waals surface area contributed by atoms with Gasteiger partial charge < -0.3 is 10.5 Å². The van der Waals surface area contributed by atoms with Crippen molar-refractivity contribution in [2.45, 2.75) is 24.8 Å². The fraction of sp³-hybridized carbons (Fsp3) is 0.500. The molecule has 0 heterocycles. The lowest BCUT2D eigenvalue weighted by Gasteiger charge is -2.21. The highest BCUT2D eigenvalue weighted by molar-refractivity contribution is 7.89. The second kappa shape index (κ2) is 6.83. The first-order valence-corrected chi connectivity index (χ1v) is 7.72. The number of hydrogen-bond acceptors (Lipinski definition) is 6. The predicted octanol–water partition coefficient (Wildman–Crippen LogP) is 1.13. The van der Waals surface area contributed by atoms with E-state index in [2.05, 4.69) is 4.72 Å². The second-order valence-corrected chi connectivity index (χ2v) is 6.59. The number of ether oxygens (including phenoxy) is 1. The molecule has 0 amide bonds. The van der Waals surface area contributed by atoms with Gasteiger partial charge in [0.1, 0.15) is 4.90 Å². The number of nitrogens with zero attached hydrogens (tertiary/aromatic N) is 1. The average molecular weight is 317 g/mol. The average Bonchev–Trinajstić information content (AvgIpc) is 2.37. The van der Waals surface area contributed by atoms with E-state index in [0.29, 0.717) is 0 Å². The number of anilines is 1. The van der Waals surface area contributed by atoms with Gasteiger partial charge >= 0.3 is 0 Å². The molecule has 0 saturated carbocycles. The minimum atomic E-state index is -3.88. The maximum atomic E-state index is 12.3. The molecule has 0 saturated heterocycles. The van der Waals surface area contributed by atoms with Crippen LogP contribution in [0.5, 0.6) is 0 Å². The molecule has 8 nitrogen and oxygen atoms in total. The highest BCUT2D eigenvalue weighted by Crippen LogP contribution is 2.24. The van der Waals surface area contributed by atoms with Crippen molar-refractivity contribution in [3.8, 4) is 0 Å². The zero-order valence-electron chi connectivity index (χ0n) is 12.1. The number of non-ortho nitro benzene ring substituents is 1. The van der Waals surface area contributed by atoms with Crippen LogP contribution in [0.1, 0.15) is 13.8 Å². The SMILES string of the molecule is COCC(NS(=O)(=O)c1ccc([N+](=O)[O-])cc1N)C(C)C. The number of hydrogen-bond donors (Lipinski definition) is 2. The highest BCUT2D eigenvalue weighted by atomic mass is 32.2. The summed E-state index contributed by atoms with van der Waals surface area (Å²) in [5, 5.41) is 10.6. The van der Waals surface area contributed by atoms with Gasteiger partial charge in [0.05, 0.1) is 17.2 Å². The number of sulfonamides is 1. The van der Waals surface area contributed by atoms with E-state index in [4.69, 9.17) is 10.5 Å². The first kappa shape index (κ1) is 17.3. The Kier molecular flexibility index (Phi) is 5.64. The lowest BCUT2D eigenvalue weighted by molar-refractivity contribution is -0.384. The smallest absolute Gasteiger partial charge is 0.271 e. The van der Waals surface area contributed by atoms with E-state index in [0.717, 1.165) is 18.2 Å². The molecule has 1 unspecified atom stereocenters. The van der Waals surface area contributed by atoms with Crippen LogP contribution in [-0.2, 0) is 14.8 Å². The standard InChI is InChI=1S/C12H19N3O5S/c1-8(2)11(7-20-3)14-21(18,19)12-5-4-9(15(16)17)6-10(12)13/h4-6,8,11,14H,7,13H2,1-3H3. The first-order valence-electron chi connectivity index (χ1n) is 6.24. The molecule has 0 fully saturated rings. The molecule has 3 N–H and O–H groups in total. The van der Waals surface area contributed by atoms with Crippen LogP contribution in [0.4, 0.5) is 11.4 Å². The Hall–Kier alpha value is -1.71. The van der Waals surface area contributed by atoms with Gasteiger partial charge in [-0.3, -0.25) is 10.1 Å². The van der Waals surface area contributed by atoms with Crippen LogP contribution in [0.15, 0.2) is 23.1 Å². The molecular formula is C12H19N3O5S. The Morgan fingerprint density at radius 2 is 2.05 bits per heavy atom. The van der Waals surface area contributed by atoms with Gasteiger partial charge in [-0.1, -0.05) is 13.8 Å². The maximum absolute atomic E-state index is 12.3. The topological polar surface area (TPSA) is 125 Å². The molecule has 0 radical (unpaired) electrons. The highest BCUT2D eigenvalue weighted by Gasteiger charge is 2.25. The van der Waals surface area contributed by atoms with E-state index in [-0.39, 0.29) is 28.8 Å². The Balaban J connectivity index is 3.10. The lowest BCUT2D eigenvalue weighted by atomic mass is 10.1. The van der Waals surface area contributed by atoms with E-state index in [9.17, 15) is 18.5 Å². The van der Waals surface area contributed by atoms with Crippen LogP contribution in [0, 0.1) is 16.0 Å². The van der Waals surface area contributed by atoms with Crippen molar-refractivity contribution in [1.29, 1.82) is 0 Å². The fourth-order valence-corrected chi connectivity index (χ4v) is 3.18. The lowest BCUT2D eigenvalue weighted by Crippen LogP contribution is -2.41. The van der Waals surface area contributed by atoms with Crippen molar-refractivity contribution < 1.29 is 18.1 Å². The molecule has 9 heteroatoms. The molecule has 118 valence electrons. The summed E-state index contributed by atoms with van der Waals surface area (Å²) in [6.07, 6.45) is 0. The molecule has 0 aliphatic carbocycles. The molecule has 0 aromatic heterocycles. The molecule has 0 aliphatic rings. The Bertz CT molecular complexity index is 615. The summed E-state index contributed by atoms with van der Waals surface area (Å²) in [7, 11) is -2.40. The summed E-state index contributed by atoms with van der Waals surface area (Å²) < 4.78 is 32.1. The van der Waals surface area contributed by atoms with Crippen LogP contribution in [-0.4, -0.2) is 33.1 Å². The number of nitrogen functional groups attached to an aromatic ring is 1. The Labute approximate surface area is 123 Å². The second-order valence-electron chi connectivity index (χ2n) is 4.91. The van der Waals surface area contributed by atoms with Gasteiger partial charge in [0.25, 0.3) is 5.69 Å². The van der Waals surface area contributed by atoms with Crippen molar-refractivity contribution >= 4 is 21.4 Å². The minimum absolute atomic E-state index is 0.0130. The molecule has 1 aromatic carbocycles. The van der Waals surface area contributed by atoms with Crippen LogP contribution in [0.3, 0.4) is 0 Å². The minimum Gasteiger partial charge on any atom is -0.397 e. The third-order valence-electron chi connectivity index (χ3n) is 2.95. The van der Waals surface area contributed by atoms with Gasteiger partial charge in [0.2, 0.25) is 10.0 Å². The zero-order chi connectivity index (χ0) is 16.2. The van der Waals surface area contributed by atoms with E-state index >= 15 is 0 Å². The van der Waals surface area contributed by atoms with Crippen LogP contribution in [0.25, 0.3) is 0 Å². The molecule has 0 bridgehead atoms. The largest absolute Gasteiger partial charge is 0.397 e. The fourth-order valence-electron chi connectivity index (χ4n) is 1.70. The summed E-state index contributed by atoms with van der Waals surface area (Å²) in [4.78, 5) is 9.81. The van der Waals surface area contributed by atoms with E-state index in [1.807, 2.05) is 13.8 Å². The van der Waals surface area contributed by atoms with Gasteiger partial charge in [-0.25, -0.2) is 13.1 Å². The number of benzene rings is 1. The number of methoxy groups -OCH3 is 1. The number of rotatable bonds is 7. The van der Waals surface area contributed by atoms with Gasteiger partial charge in [-0.2, -0.15) is 0 Å². The Morgan fingerprint density at radius 1 is 1.43 bits per heavy atom. The van der Waals surface area contributed by atoms with Gasteiger partial charge in [0, 0.05) is 25.3 Å². The summed E-state index contributed by atoms with van der Waals surface area (Å²) in [6.45, 7) is 3.92. The van der Waals surface area contributed by atoms with E-state index in [1.54, 1.807) is 0 Å². The van der Waals surface area contributed by atoms with Crippen LogP contribution >= 0.6 is 0 Å². The molecule has 1 aromatic rings. The van der Waals surface area contributed by atoms with Crippen molar-refractivity contribution in [3.05, 3.63) is 28.3 Å². The van der Waals surface area contributed by atoms with Crippen LogP contribution in [0.2, 0.25) is 0 Å². The number of nitro groups is 1. The van der Waals surface area contributed by atoms with Crippen LogP contribution < -0.4 is 10.5 Å². The number of nitrogens with one attached hydrogen (secondary N) is 1. The van der Waals surface area contributed by atoms with Gasteiger partial charge in [0.15, 0.2) is 0 Å². The zero-order valence-corrected chi connectivity index (χ0v) is 12.9. The third kappa shape index (κ3) is 4.38. The summed E-state index contributed by atoms with van der Waals surface area (Å²) in [5.41, 5.74) is 5.19. The van der Waals surface area contributed by atoms with E-state index in [1.165, 1.54) is 7.11 Å². The molecule has 1 atom stereocenters.